The van der Waals surface area contributed by atoms with Crippen LogP contribution >= 0.6 is 12.2 Å². The SMILES string of the molecule is CNC(=O)C1CCCN(CCCCC(N)=S)C1. The number of hydrogen-bond acceptors (Lipinski definition) is 3. The smallest absolute Gasteiger partial charge is 0.224 e. The average molecular weight is 257 g/mol. The van der Waals surface area contributed by atoms with Gasteiger partial charge in [-0.1, -0.05) is 12.2 Å². The van der Waals surface area contributed by atoms with Gasteiger partial charge in [-0.05, 0) is 45.2 Å². The van der Waals surface area contributed by atoms with Crippen LogP contribution in [0.1, 0.15) is 32.1 Å². The molecule has 0 aliphatic carbocycles. The summed E-state index contributed by atoms with van der Waals surface area (Å²) >= 11 is 4.85. The van der Waals surface area contributed by atoms with Gasteiger partial charge in [-0.15, -0.1) is 0 Å². The van der Waals surface area contributed by atoms with Crippen LogP contribution < -0.4 is 11.1 Å². The fourth-order valence-corrected chi connectivity index (χ4v) is 2.46. The number of carbonyl (C=O) groups is 1. The van der Waals surface area contributed by atoms with Crippen LogP contribution in [0.25, 0.3) is 0 Å². The molecule has 17 heavy (non-hydrogen) atoms. The summed E-state index contributed by atoms with van der Waals surface area (Å²) in [4.78, 5) is 14.5. The Morgan fingerprint density at radius 2 is 2.29 bits per heavy atom. The molecule has 0 saturated carbocycles. The first-order chi connectivity index (χ1) is 8.13. The van der Waals surface area contributed by atoms with E-state index in [1.165, 1.54) is 0 Å². The minimum atomic E-state index is 0.171. The fraction of sp³-hybridized carbons (Fsp3) is 0.833. The van der Waals surface area contributed by atoms with Gasteiger partial charge in [0.2, 0.25) is 5.91 Å². The first-order valence-electron chi connectivity index (χ1n) is 6.35. The Morgan fingerprint density at radius 3 is 2.94 bits per heavy atom. The predicted octanol–water partition coefficient (Wildman–Crippen LogP) is 0.901. The summed E-state index contributed by atoms with van der Waals surface area (Å²) in [5, 5.41) is 2.74. The van der Waals surface area contributed by atoms with E-state index in [0.29, 0.717) is 4.99 Å². The van der Waals surface area contributed by atoms with Crippen molar-refractivity contribution in [2.45, 2.75) is 32.1 Å². The van der Waals surface area contributed by atoms with Gasteiger partial charge in [0, 0.05) is 13.6 Å². The molecular formula is C12H23N3OS. The lowest BCUT2D eigenvalue weighted by molar-refractivity contribution is -0.126. The van der Waals surface area contributed by atoms with Gasteiger partial charge in [0.15, 0.2) is 0 Å². The van der Waals surface area contributed by atoms with E-state index in [-0.39, 0.29) is 11.8 Å². The van der Waals surface area contributed by atoms with E-state index >= 15 is 0 Å². The van der Waals surface area contributed by atoms with Crippen LogP contribution in [-0.2, 0) is 4.79 Å². The number of hydrogen-bond donors (Lipinski definition) is 2. The summed E-state index contributed by atoms with van der Waals surface area (Å²) in [5.41, 5.74) is 5.46. The number of nitrogens with two attached hydrogens (primary N) is 1. The zero-order valence-corrected chi connectivity index (χ0v) is 11.4. The summed E-state index contributed by atoms with van der Waals surface area (Å²) in [6.45, 7) is 3.06. The van der Waals surface area contributed by atoms with Gasteiger partial charge in [0.05, 0.1) is 10.9 Å². The number of thiocarbonyl (C=S) groups is 1. The molecule has 1 fully saturated rings. The normalized spacial score (nSPS) is 21.1. The topological polar surface area (TPSA) is 58.4 Å². The largest absolute Gasteiger partial charge is 0.393 e. The second kappa shape index (κ2) is 7.61. The van der Waals surface area contributed by atoms with Crippen molar-refractivity contribution in [3.8, 4) is 0 Å². The summed E-state index contributed by atoms with van der Waals surface area (Å²) in [7, 11) is 1.71. The average Bonchev–Trinajstić information content (AvgIpc) is 2.34. The molecular weight excluding hydrogens is 234 g/mol. The van der Waals surface area contributed by atoms with E-state index in [2.05, 4.69) is 10.2 Å². The Balaban J connectivity index is 2.20. The van der Waals surface area contributed by atoms with Crippen molar-refractivity contribution in [1.29, 1.82) is 0 Å². The van der Waals surface area contributed by atoms with Crippen molar-refractivity contribution in [1.82, 2.24) is 10.2 Å². The lowest BCUT2D eigenvalue weighted by atomic mass is 9.97. The molecule has 0 bridgehead atoms. The van der Waals surface area contributed by atoms with Crippen molar-refractivity contribution in [3.63, 3.8) is 0 Å². The molecule has 1 aliphatic heterocycles. The van der Waals surface area contributed by atoms with Gasteiger partial charge >= 0.3 is 0 Å². The van der Waals surface area contributed by atoms with Gasteiger partial charge in [0.1, 0.15) is 0 Å². The quantitative estimate of drug-likeness (QED) is 0.548. The molecule has 1 atom stereocenters. The minimum Gasteiger partial charge on any atom is -0.393 e. The molecule has 3 N–H and O–H groups in total. The lowest BCUT2D eigenvalue weighted by Crippen LogP contribution is -2.42. The third-order valence-corrected chi connectivity index (χ3v) is 3.47. The molecule has 4 nitrogen and oxygen atoms in total. The van der Waals surface area contributed by atoms with Crippen LogP contribution in [0.4, 0.5) is 0 Å². The number of likely N-dealkylation sites (tertiary alicyclic amines) is 1. The van der Waals surface area contributed by atoms with Crippen molar-refractivity contribution in [2.75, 3.05) is 26.7 Å². The summed E-state index contributed by atoms with van der Waals surface area (Å²) in [6, 6.07) is 0. The monoisotopic (exact) mass is 257 g/mol. The van der Waals surface area contributed by atoms with Crippen molar-refractivity contribution in [2.24, 2.45) is 11.7 Å². The van der Waals surface area contributed by atoms with E-state index < -0.39 is 0 Å². The maximum Gasteiger partial charge on any atom is 0.224 e. The first-order valence-corrected chi connectivity index (χ1v) is 6.76. The van der Waals surface area contributed by atoms with E-state index in [4.69, 9.17) is 18.0 Å². The van der Waals surface area contributed by atoms with E-state index in [1.54, 1.807) is 7.05 Å². The summed E-state index contributed by atoms with van der Waals surface area (Å²) in [5.74, 6) is 0.349. The van der Waals surface area contributed by atoms with Crippen molar-refractivity contribution >= 4 is 23.1 Å². The van der Waals surface area contributed by atoms with Crippen molar-refractivity contribution in [3.05, 3.63) is 0 Å². The van der Waals surface area contributed by atoms with Gasteiger partial charge < -0.3 is 16.0 Å². The van der Waals surface area contributed by atoms with Crippen molar-refractivity contribution < 1.29 is 4.79 Å². The molecule has 1 unspecified atom stereocenters. The number of carbonyl (C=O) groups excluding carboxylic acids is 1. The zero-order valence-electron chi connectivity index (χ0n) is 10.6. The Hall–Kier alpha value is -0.680. The highest BCUT2D eigenvalue weighted by Crippen LogP contribution is 2.17. The predicted molar refractivity (Wildman–Crippen MR) is 73.9 cm³/mol. The number of nitrogens with one attached hydrogen (secondary N) is 1. The summed E-state index contributed by atoms with van der Waals surface area (Å²) in [6.07, 6.45) is 5.13. The Labute approximate surface area is 109 Å². The maximum atomic E-state index is 11.6. The molecule has 0 aromatic heterocycles. The van der Waals surface area contributed by atoms with Crippen LogP contribution in [0.5, 0.6) is 0 Å². The van der Waals surface area contributed by atoms with Gasteiger partial charge in [-0.2, -0.15) is 0 Å². The summed E-state index contributed by atoms with van der Waals surface area (Å²) < 4.78 is 0. The first kappa shape index (κ1) is 14.4. The molecule has 1 saturated heterocycles. The number of unbranched alkanes of at least 4 members (excludes halogenated alkanes) is 1. The van der Waals surface area contributed by atoms with Gasteiger partial charge in [-0.25, -0.2) is 0 Å². The van der Waals surface area contributed by atoms with E-state index in [0.717, 1.165) is 51.7 Å². The minimum absolute atomic E-state index is 0.171. The third-order valence-electron chi connectivity index (χ3n) is 3.27. The maximum absolute atomic E-state index is 11.6. The molecule has 5 heteroatoms. The number of piperidine rings is 1. The van der Waals surface area contributed by atoms with E-state index in [9.17, 15) is 4.79 Å². The highest BCUT2D eigenvalue weighted by molar-refractivity contribution is 7.80. The molecule has 0 aromatic carbocycles. The molecule has 1 amide bonds. The van der Waals surface area contributed by atoms with Crippen LogP contribution in [0.2, 0.25) is 0 Å². The van der Waals surface area contributed by atoms with E-state index in [1.807, 2.05) is 0 Å². The Morgan fingerprint density at radius 1 is 1.53 bits per heavy atom. The zero-order chi connectivity index (χ0) is 12.7. The molecule has 98 valence electrons. The molecule has 1 heterocycles. The molecule has 1 aliphatic rings. The highest BCUT2D eigenvalue weighted by Gasteiger charge is 2.24. The molecule has 0 aromatic rings. The second-order valence-electron chi connectivity index (χ2n) is 4.68. The van der Waals surface area contributed by atoms with Gasteiger partial charge in [-0.3, -0.25) is 4.79 Å². The van der Waals surface area contributed by atoms with Crippen LogP contribution in [-0.4, -0.2) is 42.5 Å². The fourth-order valence-electron chi connectivity index (χ4n) is 2.31. The highest BCUT2D eigenvalue weighted by atomic mass is 32.1. The van der Waals surface area contributed by atoms with Crippen LogP contribution in [0, 0.1) is 5.92 Å². The molecule has 1 rings (SSSR count). The second-order valence-corrected chi connectivity index (χ2v) is 5.20. The van der Waals surface area contributed by atoms with Crippen LogP contribution in [0.15, 0.2) is 0 Å². The molecule has 0 spiro atoms. The number of nitrogens with zero attached hydrogens (tertiary/aromatic N) is 1. The van der Waals surface area contributed by atoms with Gasteiger partial charge in [0.25, 0.3) is 0 Å². The Bertz CT molecular complexity index is 270. The third kappa shape index (κ3) is 5.46. The standard InChI is InChI=1S/C12H23N3OS/c1-14-12(16)10-5-4-8-15(9-10)7-3-2-6-11(13)17/h10H,2-9H2,1H3,(H2,13,17)(H,14,16). The van der Waals surface area contributed by atoms with Crippen LogP contribution in [0.3, 0.4) is 0 Å². The number of amides is 1. The number of rotatable bonds is 6. The lowest BCUT2D eigenvalue weighted by Gasteiger charge is -2.31. The Kier molecular flexibility index (Phi) is 6.44. The molecule has 0 radical (unpaired) electrons.